The third-order valence-corrected chi connectivity index (χ3v) is 2.81. The van der Waals surface area contributed by atoms with Crippen LogP contribution in [0.4, 0.5) is 5.69 Å². The molecule has 2 aromatic rings. The summed E-state index contributed by atoms with van der Waals surface area (Å²) in [4.78, 5) is 20.1. The van der Waals surface area contributed by atoms with E-state index in [1.165, 1.54) is 0 Å². The lowest BCUT2D eigenvalue weighted by atomic mass is 10.2. The largest absolute Gasteiger partial charge is 0.325 e. The van der Waals surface area contributed by atoms with Crippen LogP contribution in [0.25, 0.3) is 0 Å². The highest BCUT2D eigenvalue weighted by Gasteiger charge is 2.10. The zero-order chi connectivity index (χ0) is 13.8. The summed E-state index contributed by atoms with van der Waals surface area (Å²) in [7, 11) is 0. The average Bonchev–Trinajstić information content (AvgIpc) is 2.43. The summed E-state index contributed by atoms with van der Waals surface area (Å²) in [6.45, 7) is 2.16. The average molecular weight is 277 g/mol. The Morgan fingerprint density at radius 2 is 2.21 bits per heavy atom. The maximum atomic E-state index is 12.1. The van der Waals surface area contributed by atoms with Crippen molar-refractivity contribution in [3.05, 3.63) is 52.6 Å². The molecule has 2 rings (SSSR count). The lowest BCUT2D eigenvalue weighted by Crippen LogP contribution is -2.14. The van der Waals surface area contributed by atoms with Crippen LogP contribution >= 0.6 is 11.6 Å². The van der Waals surface area contributed by atoms with Crippen molar-refractivity contribution >= 4 is 23.2 Å². The molecule has 0 fully saturated rings. The molecule has 2 aromatic heterocycles. The van der Waals surface area contributed by atoms with E-state index >= 15 is 0 Å². The number of pyridine rings is 2. The van der Waals surface area contributed by atoms with Crippen molar-refractivity contribution in [2.45, 2.75) is 13.5 Å². The molecular weight excluding hydrogens is 264 g/mol. The highest BCUT2D eigenvalue weighted by Crippen LogP contribution is 2.20. The Morgan fingerprint density at radius 3 is 2.95 bits per heavy atom. The number of halogens is 1. The van der Waals surface area contributed by atoms with E-state index in [0.717, 1.165) is 5.56 Å². The van der Waals surface area contributed by atoms with Gasteiger partial charge in [0.15, 0.2) is 5.15 Å². The van der Waals surface area contributed by atoms with Gasteiger partial charge < -0.3 is 11.1 Å². The summed E-state index contributed by atoms with van der Waals surface area (Å²) in [6, 6.07) is 5.02. The van der Waals surface area contributed by atoms with Gasteiger partial charge in [0, 0.05) is 24.5 Å². The number of aromatic nitrogens is 2. The summed E-state index contributed by atoms with van der Waals surface area (Å²) in [5.74, 6) is -0.272. The number of carbonyl (C=O) groups is 1. The van der Waals surface area contributed by atoms with Crippen LogP contribution in [0.3, 0.4) is 0 Å². The van der Waals surface area contributed by atoms with Crippen LogP contribution < -0.4 is 11.1 Å². The van der Waals surface area contributed by atoms with Crippen LogP contribution in [0.15, 0.2) is 30.6 Å². The normalized spacial score (nSPS) is 10.3. The first-order valence-electron chi connectivity index (χ1n) is 5.68. The quantitative estimate of drug-likeness (QED) is 0.842. The molecule has 0 aromatic carbocycles. The maximum Gasteiger partial charge on any atom is 0.255 e. The lowest BCUT2D eigenvalue weighted by molar-refractivity contribution is 0.102. The first kappa shape index (κ1) is 13.5. The van der Waals surface area contributed by atoms with E-state index in [0.29, 0.717) is 16.9 Å². The molecule has 0 radical (unpaired) electrons. The van der Waals surface area contributed by atoms with Crippen LogP contribution in [0.5, 0.6) is 0 Å². The monoisotopic (exact) mass is 276 g/mol. The molecule has 98 valence electrons. The highest BCUT2D eigenvalue weighted by molar-refractivity contribution is 6.32. The van der Waals surface area contributed by atoms with Crippen molar-refractivity contribution in [1.29, 1.82) is 0 Å². The van der Waals surface area contributed by atoms with E-state index in [-0.39, 0.29) is 17.6 Å². The molecule has 0 aliphatic rings. The number of carbonyl (C=O) groups excluding carboxylic acids is 1. The van der Waals surface area contributed by atoms with E-state index < -0.39 is 0 Å². The van der Waals surface area contributed by atoms with E-state index in [1.807, 2.05) is 6.92 Å². The van der Waals surface area contributed by atoms with Gasteiger partial charge in [0.05, 0.1) is 11.4 Å². The summed E-state index contributed by atoms with van der Waals surface area (Å²) in [5, 5.41) is 2.97. The first-order valence-corrected chi connectivity index (χ1v) is 6.06. The molecule has 0 spiro atoms. The number of nitrogens with two attached hydrogens (primary N) is 1. The molecular formula is C13H13ClN4O. The molecule has 0 aliphatic heterocycles. The van der Waals surface area contributed by atoms with Crippen LogP contribution in [0.1, 0.15) is 21.6 Å². The summed E-state index contributed by atoms with van der Waals surface area (Å²) >= 11 is 5.93. The molecule has 6 heteroatoms. The van der Waals surface area contributed by atoms with Crippen LogP contribution in [0, 0.1) is 6.92 Å². The van der Waals surface area contributed by atoms with E-state index in [4.69, 9.17) is 17.3 Å². The second kappa shape index (κ2) is 5.77. The highest BCUT2D eigenvalue weighted by atomic mass is 35.5. The maximum absolute atomic E-state index is 12.1. The Bertz CT molecular complexity index is 615. The van der Waals surface area contributed by atoms with Gasteiger partial charge in [-0.1, -0.05) is 11.6 Å². The fourth-order valence-electron chi connectivity index (χ4n) is 1.57. The minimum Gasteiger partial charge on any atom is -0.325 e. The topological polar surface area (TPSA) is 80.9 Å². The number of amides is 1. The van der Waals surface area contributed by atoms with Gasteiger partial charge in [-0.2, -0.15) is 0 Å². The number of hydrogen-bond acceptors (Lipinski definition) is 4. The van der Waals surface area contributed by atoms with Crippen LogP contribution in [-0.2, 0) is 6.54 Å². The van der Waals surface area contributed by atoms with Crippen LogP contribution in [-0.4, -0.2) is 15.9 Å². The number of rotatable bonds is 3. The lowest BCUT2D eigenvalue weighted by Gasteiger charge is -2.08. The summed E-state index contributed by atoms with van der Waals surface area (Å²) in [5.41, 5.74) is 8.02. The molecule has 0 bridgehead atoms. The fraction of sp³-hybridized carbons (Fsp3) is 0.154. The Balaban J connectivity index is 2.22. The van der Waals surface area contributed by atoms with Crippen molar-refractivity contribution in [1.82, 2.24) is 9.97 Å². The van der Waals surface area contributed by atoms with E-state index in [2.05, 4.69) is 15.3 Å². The van der Waals surface area contributed by atoms with Crippen molar-refractivity contribution < 1.29 is 4.79 Å². The van der Waals surface area contributed by atoms with Gasteiger partial charge in [-0.15, -0.1) is 0 Å². The molecule has 1 amide bonds. The third-order valence-electron chi connectivity index (χ3n) is 2.51. The molecule has 0 aliphatic carbocycles. The van der Waals surface area contributed by atoms with Crippen molar-refractivity contribution in [2.24, 2.45) is 5.73 Å². The van der Waals surface area contributed by atoms with Gasteiger partial charge in [-0.05, 0) is 30.7 Å². The molecule has 0 unspecified atom stereocenters. The minimum absolute atomic E-state index is 0.257. The predicted molar refractivity (Wildman–Crippen MR) is 74.1 cm³/mol. The SMILES string of the molecule is Cc1cnc(Cl)c(NC(=O)c2ccnc(CN)c2)c1. The predicted octanol–water partition coefficient (Wildman–Crippen LogP) is 2.15. The Morgan fingerprint density at radius 1 is 1.42 bits per heavy atom. The number of nitrogens with zero attached hydrogens (tertiary/aromatic N) is 2. The Kier molecular flexibility index (Phi) is 4.09. The Hall–Kier alpha value is -1.98. The van der Waals surface area contributed by atoms with Crippen molar-refractivity contribution in [3.8, 4) is 0 Å². The van der Waals surface area contributed by atoms with Gasteiger partial charge in [-0.25, -0.2) is 4.98 Å². The number of nitrogens with one attached hydrogen (secondary N) is 1. The summed E-state index contributed by atoms with van der Waals surface area (Å²) < 4.78 is 0. The molecule has 19 heavy (non-hydrogen) atoms. The third kappa shape index (κ3) is 3.27. The molecule has 2 heterocycles. The van der Waals surface area contributed by atoms with Gasteiger partial charge >= 0.3 is 0 Å². The van der Waals surface area contributed by atoms with Crippen molar-refractivity contribution in [2.75, 3.05) is 5.32 Å². The van der Waals surface area contributed by atoms with Gasteiger partial charge in [0.25, 0.3) is 5.91 Å². The number of anilines is 1. The van der Waals surface area contributed by atoms with Gasteiger partial charge in [0.1, 0.15) is 0 Å². The second-order valence-corrected chi connectivity index (χ2v) is 4.40. The first-order chi connectivity index (χ1) is 9.10. The zero-order valence-electron chi connectivity index (χ0n) is 10.4. The molecule has 0 saturated heterocycles. The standard InChI is InChI=1S/C13H13ClN4O/c1-8-4-11(12(14)17-7-8)18-13(19)9-2-3-16-10(5-9)6-15/h2-5,7H,6,15H2,1H3,(H,18,19). The fourth-order valence-corrected chi connectivity index (χ4v) is 1.72. The van der Waals surface area contributed by atoms with Crippen molar-refractivity contribution in [3.63, 3.8) is 0 Å². The van der Waals surface area contributed by atoms with E-state index in [1.54, 1.807) is 30.6 Å². The van der Waals surface area contributed by atoms with Crippen LogP contribution in [0.2, 0.25) is 5.15 Å². The molecule has 0 atom stereocenters. The van der Waals surface area contributed by atoms with Gasteiger partial charge in [-0.3, -0.25) is 9.78 Å². The molecule has 0 saturated carbocycles. The van der Waals surface area contributed by atoms with Gasteiger partial charge in [0.2, 0.25) is 0 Å². The smallest absolute Gasteiger partial charge is 0.255 e. The number of hydrogen-bond donors (Lipinski definition) is 2. The molecule has 3 N–H and O–H groups in total. The zero-order valence-corrected chi connectivity index (χ0v) is 11.1. The molecule has 5 nitrogen and oxygen atoms in total. The second-order valence-electron chi connectivity index (χ2n) is 4.05. The minimum atomic E-state index is -0.272. The Labute approximate surface area is 115 Å². The number of aryl methyl sites for hydroxylation is 1. The summed E-state index contributed by atoms with van der Waals surface area (Å²) in [6.07, 6.45) is 3.18. The van der Waals surface area contributed by atoms with E-state index in [9.17, 15) is 4.79 Å².